The van der Waals surface area contributed by atoms with E-state index < -0.39 is 20.0 Å². The smallest absolute Gasteiger partial charge is 0.447 e. The summed E-state index contributed by atoms with van der Waals surface area (Å²) in [7, 11) is -2.80. The third-order valence-electron chi connectivity index (χ3n) is 6.59. The molecule has 0 spiro atoms. The van der Waals surface area contributed by atoms with Crippen LogP contribution in [0.4, 0.5) is 4.79 Å². The van der Waals surface area contributed by atoms with Crippen LogP contribution in [0.25, 0.3) is 0 Å². The Bertz CT molecular complexity index is 740. The zero-order chi connectivity index (χ0) is 28.4. The number of alkyl carbamates (subject to hydrolysis) is 1. The second kappa shape index (κ2) is 24.7. The van der Waals surface area contributed by atoms with Crippen LogP contribution in [0.15, 0.2) is 17.1 Å². The van der Waals surface area contributed by atoms with Crippen LogP contribution in [0.2, 0.25) is 0 Å². The molecular formula is C28H54N2O7PS+. The fraction of sp³-hybridized carbons (Fsp3) is 0.857. The van der Waals surface area contributed by atoms with Crippen molar-refractivity contribution in [2.24, 2.45) is 0 Å². The molecule has 1 aromatic rings. The molecule has 0 aliphatic rings. The van der Waals surface area contributed by atoms with Crippen molar-refractivity contribution >= 4 is 25.3 Å². The number of methoxy groups -OCH3 is 1. The Labute approximate surface area is 240 Å². The van der Waals surface area contributed by atoms with Crippen LogP contribution in [-0.4, -0.2) is 50.6 Å². The van der Waals surface area contributed by atoms with Crippen LogP contribution in [-0.2, 0) is 29.6 Å². The first-order valence-electron chi connectivity index (χ1n) is 14.9. The number of phosphoric ester groups is 1. The number of aromatic nitrogens is 1. The molecule has 0 bridgehead atoms. The van der Waals surface area contributed by atoms with Crippen LogP contribution in [0.1, 0.15) is 110 Å². The molecule has 0 aliphatic carbocycles. The molecule has 1 unspecified atom stereocenters. The van der Waals surface area contributed by atoms with E-state index in [-0.39, 0.29) is 19.8 Å². The molecule has 1 amide bonds. The average Bonchev–Trinajstić information content (AvgIpc) is 3.44. The van der Waals surface area contributed by atoms with Gasteiger partial charge in [-0.3, -0.25) is 9.05 Å². The Morgan fingerprint density at radius 2 is 1.46 bits per heavy atom. The zero-order valence-electron chi connectivity index (χ0n) is 24.4. The minimum Gasteiger partial charge on any atom is -0.447 e. The number of hydrogen-bond donors (Lipinski definition) is 2. The Hall–Kier alpha value is -1.03. The molecule has 39 heavy (non-hydrogen) atoms. The first kappa shape index (κ1) is 36.0. The van der Waals surface area contributed by atoms with Gasteiger partial charge in [0.1, 0.15) is 19.3 Å². The van der Waals surface area contributed by atoms with E-state index in [0.29, 0.717) is 13.1 Å². The molecule has 1 rings (SSSR count). The number of nitrogens with one attached hydrogen (secondary N) is 1. The van der Waals surface area contributed by atoms with Crippen LogP contribution in [0, 0.1) is 0 Å². The SMILES string of the molecule is CCCCCCCCCCCCCCCCCCNC(=O)OC[C@@H](COP(=O)(O)OCC[n+]1ccsc1)OC. The second-order valence-electron chi connectivity index (χ2n) is 10.0. The van der Waals surface area contributed by atoms with Crippen LogP contribution < -0.4 is 9.88 Å². The molecule has 0 fully saturated rings. The topological polar surface area (TPSA) is 107 Å². The lowest BCUT2D eigenvalue weighted by atomic mass is 10.0. The molecule has 0 saturated heterocycles. The Morgan fingerprint density at radius 1 is 0.897 bits per heavy atom. The summed E-state index contributed by atoms with van der Waals surface area (Å²) in [5.41, 5.74) is 1.87. The maximum absolute atomic E-state index is 12.0. The van der Waals surface area contributed by atoms with Crippen molar-refractivity contribution in [2.75, 3.05) is 33.5 Å². The molecule has 0 radical (unpaired) electrons. The standard InChI is InChI=1S/C28H53N2O7PS/c1-3-4-5-6-7-8-9-10-11-12-13-14-15-16-17-18-19-29-28(31)35-24-27(34-2)25-37-38(32,33)36-22-20-30-21-23-39-26-30/h21,23,26-27H,3-20,22,24-25H2,1-2H3,(H-,29,31,32,33)/p+1/t27-/m0/s1. The molecule has 1 heterocycles. The number of carbonyl (C=O) groups is 1. The van der Waals surface area contributed by atoms with E-state index >= 15 is 0 Å². The van der Waals surface area contributed by atoms with Gasteiger partial charge in [-0.25, -0.2) is 9.36 Å². The lowest BCUT2D eigenvalue weighted by Crippen LogP contribution is -2.33. The van der Waals surface area contributed by atoms with Gasteiger partial charge in [0, 0.05) is 13.7 Å². The number of hydrogen-bond acceptors (Lipinski definition) is 7. The van der Waals surface area contributed by atoms with Crippen molar-refractivity contribution in [1.82, 2.24) is 5.32 Å². The Morgan fingerprint density at radius 3 is 1.97 bits per heavy atom. The highest BCUT2D eigenvalue weighted by molar-refractivity contribution is 7.47. The molecule has 0 aromatic carbocycles. The maximum atomic E-state index is 12.0. The number of phosphoric acid groups is 1. The predicted octanol–water partition coefficient (Wildman–Crippen LogP) is 7.17. The number of amides is 1. The highest BCUT2D eigenvalue weighted by Crippen LogP contribution is 2.43. The predicted molar refractivity (Wildman–Crippen MR) is 156 cm³/mol. The summed E-state index contributed by atoms with van der Waals surface area (Å²) in [6.45, 7) is 2.98. The average molecular weight is 594 g/mol. The van der Waals surface area contributed by atoms with Crippen LogP contribution in [0.5, 0.6) is 0 Å². The zero-order valence-corrected chi connectivity index (χ0v) is 26.1. The van der Waals surface area contributed by atoms with Gasteiger partial charge in [-0.15, -0.1) is 0 Å². The molecule has 2 atom stereocenters. The van der Waals surface area contributed by atoms with Crippen molar-refractivity contribution < 1.29 is 37.3 Å². The van der Waals surface area contributed by atoms with Gasteiger partial charge in [0.2, 0.25) is 5.51 Å². The molecule has 2 N–H and O–H groups in total. The highest BCUT2D eigenvalue weighted by Gasteiger charge is 2.24. The highest BCUT2D eigenvalue weighted by atomic mass is 32.1. The van der Waals surface area contributed by atoms with Gasteiger partial charge in [-0.2, -0.15) is 4.57 Å². The van der Waals surface area contributed by atoms with Gasteiger partial charge in [-0.1, -0.05) is 115 Å². The van der Waals surface area contributed by atoms with Crippen molar-refractivity contribution in [1.29, 1.82) is 0 Å². The number of thiazole rings is 1. The monoisotopic (exact) mass is 593 g/mol. The van der Waals surface area contributed by atoms with Crippen molar-refractivity contribution in [3.8, 4) is 0 Å². The van der Waals surface area contributed by atoms with Crippen molar-refractivity contribution in [2.45, 2.75) is 122 Å². The first-order valence-corrected chi connectivity index (χ1v) is 17.4. The van der Waals surface area contributed by atoms with E-state index in [4.69, 9.17) is 18.5 Å². The van der Waals surface area contributed by atoms with E-state index in [2.05, 4.69) is 12.2 Å². The summed E-state index contributed by atoms with van der Waals surface area (Å²) in [6, 6.07) is 0. The van der Waals surface area contributed by atoms with Gasteiger partial charge in [0.05, 0.1) is 12.0 Å². The third kappa shape index (κ3) is 22.4. The minimum absolute atomic E-state index is 0.0328. The number of ether oxygens (including phenoxy) is 2. The van der Waals surface area contributed by atoms with Gasteiger partial charge >= 0.3 is 13.9 Å². The van der Waals surface area contributed by atoms with Crippen LogP contribution >= 0.6 is 19.2 Å². The molecule has 1 aromatic heterocycles. The molecular weight excluding hydrogens is 539 g/mol. The fourth-order valence-electron chi connectivity index (χ4n) is 4.13. The van der Waals surface area contributed by atoms with Gasteiger partial charge in [0.25, 0.3) is 0 Å². The van der Waals surface area contributed by atoms with E-state index in [9.17, 15) is 14.3 Å². The van der Waals surface area contributed by atoms with Crippen molar-refractivity contribution in [3.63, 3.8) is 0 Å². The van der Waals surface area contributed by atoms with E-state index in [1.54, 1.807) is 0 Å². The lowest BCUT2D eigenvalue weighted by Gasteiger charge is -2.17. The number of unbranched alkanes of at least 4 members (excludes halogenated alkanes) is 15. The Balaban J connectivity index is 1.91. The number of rotatable bonds is 27. The molecule has 0 aliphatic heterocycles. The van der Waals surface area contributed by atoms with E-state index in [1.807, 2.05) is 21.7 Å². The number of nitrogens with zero attached hydrogens (tertiary/aromatic N) is 1. The molecule has 9 nitrogen and oxygen atoms in total. The minimum atomic E-state index is -4.22. The van der Waals surface area contributed by atoms with Gasteiger partial charge in [-0.05, 0) is 6.42 Å². The maximum Gasteiger partial charge on any atom is 0.472 e. The van der Waals surface area contributed by atoms with Gasteiger partial charge < -0.3 is 19.7 Å². The normalized spacial score (nSPS) is 13.7. The van der Waals surface area contributed by atoms with Crippen LogP contribution in [0.3, 0.4) is 0 Å². The third-order valence-corrected chi connectivity index (χ3v) is 8.24. The summed E-state index contributed by atoms with van der Waals surface area (Å²) >= 11 is 1.52. The summed E-state index contributed by atoms with van der Waals surface area (Å²) in [4.78, 5) is 21.7. The molecule has 228 valence electrons. The molecule has 11 heteroatoms. The summed E-state index contributed by atoms with van der Waals surface area (Å²) in [5, 5.41) is 4.64. The Kier molecular flexibility index (Phi) is 22.8. The summed E-state index contributed by atoms with van der Waals surface area (Å²) < 4.78 is 34.1. The fourth-order valence-corrected chi connectivity index (χ4v) is 5.50. The van der Waals surface area contributed by atoms with Gasteiger partial charge in [0.15, 0.2) is 12.7 Å². The second-order valence-corrected chi connectivity index (χ2v) is 12.3. The largest absolute Gasteiger partial charge is 0.472 e. The first-order chi connectivity index (χ1) is 19.0. The summed E-state index contributed by atoms with van der Waals surface area (Å²) in [6.07, 6.45) is 21.6. The van der Waals surface area contributed by atoms with Crippen molar-refractivity contribution in [3.05, 3.63) is 17.1 Å². The number of carbonyl (C=O) groups excluding carboxylic acids is 1. The summed E-state index contributed by atoms with van der Waals surface area (Å²) in [5.74, 6) is 0. The van der Waals surface area contributed by atoms with E-state index in [1.165, 1.54) is 108 Å². The lowest BCUT2D eigenvalue weighted by molar-refractivity contribution is -0.693. The van der Waals surface area contributed by atoms with E-state index in [0.717, 1.165) is 12.8 Å². The molecule has 0 saturated carbocycles. The quantitative estimate of drug-likeness (QED) is 0.0632.